The van der Waals surface area contributed by atoms with Gasteiger partial charge in [-0.25, -0.2) is 0 Å². The molecule has 2 aromatic rings. The van der Waals surface area contributed by atoms with Gasteiger partial charge in [0.1, 0.15) is 11.9 Å². The van der Waals surface area contributed by atoms with Gasteiger partial charge in [0.15, 0.2) is 4.90 Å². The van der Waals surface area contributed by atoms with E-state index in [2.05, 4.69) is 0 Å². The van der Waals surface area contributed by atoms with E-state index in [0.29, 0.717) is 11.3 Å². The Balaban J connectivity index is 2.13. The zero-order valence-electron chi connectivity index (χ0n) is 12.7. The molecule has 0 aliphatic carbocycles. The van der Waals surface area contributed by atoms with Crippen LogP contribution in [-0.4, -0.2) is 32.2 Å². The summed E-state index contributed by atoms with van der Waals surface area (Å²) in [5.41, 5.74) is -0.162. The number of benzene rings is 2. The molecule has 2 rings (SSSR count). The Kier molecular flexibility index (Phi) is 5.50. The fraction of sp³-hybridized carbons (Fsp3) is 0.200. The molecular weight excluding hydrogens is 338 g/mol. The monoisotopic (exact) mass is 353 g/mol. The lowest BCUT2D eigenvalue weighted by molar-refractivity contribution is -0.387. The minimum atomic E-state index is -4.38. The second kappa shape index (κ2) is 7.39. The molecule has 8 nitrogen and oxygen atoms in total. The van der Waals surface area contributed by atoms with Crippen LogP contribution in [0.4, 0.5) is 5.69 Å². The van der Waals surface area contributed by atoms with Crippen molar-refractivity contribution in [1.29, 1.82) is 0 Å². The molecule has 1 unspecified atom stereocenters. The van der Waals surface area contributed by atoms with Crippen molar-refractivity contribution in [3.63, 3.8) is 0 Å². The Labute approximate surface area is 138 Å². The van der Waals surface area contributed by atoms with E-state index < -0.39 is 38.3 Å². The van der Waals surface area contributed by atoms with E-state index >= 15 is 0 Å². The number of para-hydroxylation sites is 1. The average molecular weight is 353 g/mol. The molecule has 0 aromatic heterocycles. The fourth-order valence-electron chi connectivity index (χ4n) is 1.96. The summed E-state index contributed by atoms with van der Waals surface area (Å²) >= 11 is 0. The van der Waals surface area contributed by atoms with Crippen molar-refractivity contribution in [2.45, 2.75) is 11.0 Å². The highest BCUT2D eigenvalue weighted by atomic mass is 32.2. The summed E-state index contributed by atoms with van der Waals surface area (Å²) in [6.45, 7) is -0.569. The largest absolute Gasteiger partial charge is 0.497 e. The minimum absolute atomic E-state index is 0.425. The van der Waals surface area contributed by atoms with Crippen molar-refractivity contribution in [1.82, 2.24) is 0 Å². The first-order valence-corrected chi connectivity index (χ1v) is 8.21. The van der Waals surface area contributed by atoms with Gasteiger partial charge in [-0.1, -0.05) is 24.3 Å². The van der Waals surface area contributed by atoms with Crippen molar-refractivity contribution in [3.05, 3.63) is 64.2 Å². The smallest absolute Gasteiger partial charge is 0.303 e. The molecule has 0 spiro atoms. The van der Waals surface area contributed by atoms with Crippen molar-refractivity contribution in [2.75, 3.05) is 13.7 Å². The van der Waals surface area contributed by atoms with Crippen LogP contribution in [0.2, 0.25) is 0 Å². The van der Waals surface area contributed by atoms with Gasteiger partial charge in [0.25, 0.3) is 5.69 Å². The Hall–Kier alpha value is -2.49. The van der Waals surface area contributed by atoms with E-state index in [1.54, 1.807) is 24.3 Å². The maximum atomic E-state index is 12.1. The molecule has 0 radical (unpaired) electrons. The maximum Gasteiger partial charge on any atom is 0.303 e. The molecule has 0 fully saturated rings. The summed E-state index contributed by atoms with van der Waals surface area (Å²) < 4.78 is 34.0. The second-order valence-corrected chi connectivity index (χ2v) is 6.34. The van der Waals surface area contributed by atoms with Gasteiger partial charge in [0, 0.05) is 6.07 Å². The highest BCUT2D eigenvalue weighted by Crippen LogP contribution is 2.26. The number of ether oxygens (including phenoxy) is 1. The van der Waals surface area contributed by atoms with Crippen molar-refractivity contribution >= 4 is 15.8 Å². The third-order valence-electron chi connectivity index (χ3n) is 3.21. The van der Waals surface area contributed by atoms with E-state index in [4.69, 9.17) is 8.92 Å². The van der Waals surface area contributed by atoms with Crippen molar-refractivity contribution in [3.8, 4) is 5.75 Å². The van der Waals surface area contributed by atoms with E-state index in [0.717, 1.165) is 12.1 Å². The Bertz CT molecular complexity index is 818. The second-order valence-electron chi connectivity index (χ2n) is 4.75. The molecule has 0 aliphatic rings. The van der Waals surface area contributed by atoms with Crippen LogP contribution in [0, 0.1) is 10.1 Å². The topological polar surface area (TPSA) is 116 Å². The number of methoxy groups -OCH3 is 1. The lowest BCUT2D eigenvalue weighted by Crippen LogP contribution is -2.14. The molecule has 128 valence electrons. The fourth-order valence-corrected chi connectivity index (χ4v) is 3.04. The van der Waals surface area contributed by atoms with Gasteiger partial charge >= 0.3 is 10.1 Å². The number of nitrogens with zero attached hydrogens (tertiary/aromatic N) is 1. The van der Waals surface area contributed by atoms with E-state index in [-0.39, 0.29) is 0 Å². The molecule has 0 aliphatic heterocycles. The van der Waals surface area contributed by atoms with Crippen molar-refractivity contribution in [2.24, 2.45) is 0 Å². The summed E-state index contributed by atoms with van der Waals surface area (Å²) in [4.78, 5) is 9.54. The molecule has 2 aromatic carbocycles. The van der Waals surface area contributed by atoms with E-state index in [9.17, 15) is 23.6 Å². The Morgan fingerprint density at radius 2 is 1.79 bits per heavy atom. The normalized spacial score (nSPS) is 12.6. The average Bonchev–Trinajstić information content (AvgIpc) is 2.59. The van der Waals surface area contributed by atoms with Crippen LogP contribution in [0.15, 0.2) is 53.4 Å². The van der Waals surface area contributed by atoms with Gasteiger partial charge in [-0.15, -0.1) is 0 Å². The SMILES string of the molecule is COc1ccc(C(O)COS(=O)(=O)c2ccccc2[N+](=O)[O-])cc1. The minimum Gasteiger partial charge on any atom is -0.497 e. The number of aliphatic hydroxyl groups excluding tert-OH is 1. The summed E-state index contributed by atoms with van der Waals surface area (Å²) in [6.07, 6.45) is -1.21. The van der Waals surface area contributed by atoms with E-state index in [1.807, 2.05) is 0 Å². The number of nitro groups is 1. The lowest BCUT2D eigenvalue weighted by atomic mass is 10.1. The van der Waals surface area contributed by atoms with Crippen LogP contribution < -0.4 is 4.74 Å². The molecule has 0 heterocycles. The highest BCUT2D eigenvalue weighted by molar-refractivity contribution is 7.87. The number of hydrogen-bond donors (Lipinski definition) is 1. The predicted molar refractivity (Wildman–Crippen MR) is 84.2 cm³/mol. The highest BCUT2D eigenvalue weighted by Gasteiger charge is 2.27. The van der Waals surface area contributed by atoms with Crippen LogP contribution in [0.3, 0.4) is 0 Å². The molecule has 24 heavy (non-hydrogen) atoms. The predicted octanol–water partition coefficient (Wildman–Crippen LogP) is 2.04. The summed E-state index contributed by atoms with van der Waals surface area (Å²) in [5, 5.41) is 20.9. The summed E-state index contributed by atoms with van der Waals surface area (Å²) in [5.74, 6) is 0.583. The van der Waals surface area contributed by atoms with Gasteiger partial charge in [-0.05, 0) is 23.8 Å². The number of aliphatic hydroxyl groups is 1. The van der Waals surface area contributed by atoms with Crippen LogP contribution in [0.1, 0.15) is 11.7 Å². The zero-order valence-corrected chi connectivity index (χ0v) is 13.5. The van der Waals surface area contributed by atoms with Crippen LogP contribution >= 0.6 is 0 Å². The Morgan fingerprint density at radius 1 is 1.17 bits per heavy atom. The van der Waals surface area contributed by atoms with Gasteiger partial charge in [0.05, 0.1) is 18.6 Å². The lowest BCUT2D eigenvalue weighted by Gasteiger charge is -2.12. The molecule has 0 bridgehead atoms. The zero-order chi connectivity index (χ0) is 17.7. The Morgan fingerprint density at radius 3 is 2.38 bits per heavy atom. The molecule has 0 amide bonds. The van der Waals surface area contributed by atoms with E-state index in [1.165, 1.54) is 19.2 Å². The standard InChI is InChI=1S/C15H15NO7S/c1-22-12-8-6-11(7-9-12)14(17)10-23-24(20,21)15-5-3-2-4-13(15)16(18)19/h2-9,14,17H,10H2,1H3. The molecule has 9 heteroatoms. The van der Waals surface area contributed by atoms with Gasteiger partial charge in [-0.2, -0.15) is 8.42 Å². The maximum absolute atomic E-state index is 12.1. The summed E-state index contributed by atoms with van der Waals surface area (Å²) in [6, 6.07) is 11.2. The third-order valence-corrected chi connectivity index (χ3v) is 4.54. The van der Waals surface area contributed by atoms with Gasteiger partial charge < -0.3 is 9.84 Å². The van der Waals surface area contributed by atoms with Crippen molar-refractivity contribution < 1.29 is 27.4 Å². The molecular formula is C15H15NO7S. The third kappa shape index (κ3) is 4.07. The molecule has 0 saturated heterocycles. The molecule has 0 saturated carbocycles. The number of hydrogen-bond acceptors (Lipinski definition) is 7. The first-order valence-electron chi connectivity index (χ1n) is 6.80. The molecule has 1 atom stereocenters. The summed E-state index contributed by atoms with van der Waals surface area (Å²) in [7, 11) is -2.88. The van der Waals surface area contributed by atoms with Crippen LogP contribution in [-0.2, 0) is 14.3 Å². The first-order chi connectivity index (χ1) is 11.3. The van der Waals surface area contributed by atoms with Gasteiger partial charge in [-0.3, -0.25) is 14.3 Å². The quantitative estimate of drug-likeness (QED) is 0.460. The molecule has 1 N–H and O–H groups in total. The number of rotatable bonds is 7. The van der Waals surface area contributed by atoms with Crippen LogP contribution in [0.5, 0.6) is 5.75 Å². The van der Waals surface area contributed by atoms with Gasteiger partial charge in [0.2, 0.25) is 0 Å². The number of nitro benzene ring substituents is 1. The van der Waals surface area contributed by atoms with Crippen LogP contribution in [0.25, 0.3) is 0 Å². The first kappa shape index (κ1) is 17.9.